The van der Waals surface area contributed by atoms with E-state index in [4.69, 9.17) is 109 Å². The largest absolute Gasteiger partial charge is 0.394 e. The monoisotopic (exact) mass is 1960 g/mol. The smallest absolute Gasteiger partial charge is 0.186 e. The molecule has 0 aromatic heterocycles. The first-order valence-corrected chi connectivity index (χ1v) is 42.2. The van der Waals surface area contributed by atoms with Gasteiger partial charge in [0.15, 0.2) is 75.5 Å². The van der Waals surface area contributed by atoms with E-state index < -0.39 is 448 Å². The van der Waals surface area contributed by atoms with Crippen molar-refractivity contribution in [3.8, 4) is 0 Å². The van der Waals surface area contributed by atoms with Crippen LogP contribution >= 0.6 is 0 Å². The van der Waals surface area contributed by atoms with Crippen LogP contribution in [0.5, 0.6) is 0 Å². The van der Waals surface area contributed by atoms with Crippen molar-refractivity contribution in [2.75, 3.05) is 79.3 Å². The summed E-state index contributed by atoms with van der Waals surface area (Å²) in [5, 5.41) is 407. The normalized spacial score (nSPS) is 53.8. The molecule has 133 heavy (non-hydrogen) atoms. The third-order valence-electron chi connectivity index (χ3n) is 24.9. The van der Waals surface area contributed by atoms with Crippen molar-refractivity contribution >= 4 is 0 Å². The quantitative estimate of drug-likeness (QED) is 0.0284. The predicted molar refractivity (Wildman–Crippen MR) is 395 cm³/mol. The lowest BCUT2D eigenvalue weighted by Gasteiger charge is -2.45. The molecular formula is C72H122O61. The zero-order chi connectivity index (χ0) is 97.4. The van der Waals surface area contributed by atoms with Crippen LogP contribution in [-0.2, 0) is 109 Å². The fraction of sp³-hybridized carbons (Fsp3) is 1.00. The molecule has 60 atom stereocenters. The van der Waals surface area contributed by atoms with E-state index in [-0.39, 0.29) is 0 Å². The molecule has 12 fully saturated rings. The van der Waals surface area contributed by atoms with Crippen molar-refractivity contribution in [1.82, 2.24) is 0 Å². The summed E-state index contributed by atoms with van der Waals surface area (Å²) in [5.41, 5.74) is 0. The molecule has 12 aliphatic rings. The molecule has 0 bridgehead atoms. The first-order chi connectivity index (χ1) is 62.8. The summed E-state index contributed by atoms with van der Waals surface area (Å²) in [5.74, 6) is 0. The summed E-state index contributed by atoms with van der Waals surface area (Å²) < 4.78 is 128. The molecule has 12 aliphatic heterocycles. The van der Waals surface area contributed by atoms with Gasteiger partial charge in [0, 0.05) is 0 Å². The van der Waals surface area contributed by atoms with Crippen LogP contribution in [0.15, 0.2) is 0 Å². The highest BCUT2D eigenvalue weighted by Crippen LogP contribution is 2.37. The van der Waals surface area contributed by atoms with E-state index in [1.807, 2.05) is 0 Å². The Morgan fingerprint density at radius 1 is 0.113 bits per heavy atom. The van der Waals surface area contributed by atoms with Crippen molar-refractivity contribution in [3.63, 3.8) is 0 Å². The van der Waals surface area contributed by atoms with Gasteiger partial charge in [-0.15, -0.1) is 0 Å². The van der Waals surface area contributed by atoms with Gasteiger partial charge in [-0.3, -0.25) is 0 Å². The van der Waals surface area contributed by atoms with Crippen LogP contribution in [0.1, 0.15) is 0 Å². The van der Waals surface area contributed by atoms with Gasteiger partial charge in [-0.2, -0.15) is 0 Å². The van der Waals surface area contributed by atoms with Crippen molar-refractivity contribution in [1.29, 1.82) is 0 Å². The van der Waals surface area contributed by atoms with E-state index in [1.54, 1.807) is 0 Å². The number of hydrogen-bond donors (Lipinski definition) is 38. The van der Waals surface area contributed by atoms with Crippen LogP contribution in [0.25, 0.3) is 0 Å². The molecule has 0 aromatic rings. The topological polar surface area (TPSA) is 981 Å². The second kappa shape index (κ2) is 47.4. The van der Waals surface area contributed by atoms with Gasteiger partial charge in [-0.25, -0.2) is 0 Å². The molecule has 38 N–H and O–H groups in total. The molecule has 0 aliphatic carbocycles. The summed E-state index contributed by atoms with van der Waals surface area (Å²) in [6, 6.07) is 0. The maximum atomic E-state index is 11.0. The van der Waals surface area contributed by atoms with Gasteiger partial charge in [0.25, 0.3) is 0 Å². The molecule has 12 heterocycles. The molecule has 0 spiro atoms. The second-order valence-electron chi connectivity index (χ2n) is 34.0. The first-order valence-electron chi connectivity index (χ1n) is 42.2. The van der Waals surface area contributed by atoms with E-state index in [2.05, 4.69) is 0 Å². The van der Waals surface area contributed by atoms with Crippen LogP contribution in [0.3, 0.4) is 0 Å². The summed E-state index contributed by atoms with van der Waals surface area (Å²) >= 11 is 0. The van der Waals surface area contributed by atoms with Crippen LogP contribution in [0, 0.1) is 0 Å². The van der Waals surface area contributed by atoms with Crippen molar-refractivity contribution in [2.24, 2.45) is 0 Å². The Hall–Kier alpha value is -2.44. The molecule has 61 nitrogen and oxygen atoms in total. The maximum absolute atomic E-state index is 11.0. The molecule has 0 unspecified atom stereocenters. The minimum Gasteiger partial charge on any atom is -0.394 e. The Labute approximate surface area is 748 Å². The first kappa shape index (κ1) is 109. The van der Waals surface area contributed by atoms with E-state index in [1.165, 1.54) is 0 Å². The van der Waals surface area contributed by atoms with E-state index in [0.717, 1.165) is 0 Å². The number of ether oxygens (including phenoxy) is 23. The van der Waals surface area contributed by atoms with Crippen molar-refractivity contribution in [2.45, 2.75) is 368 Å². The van der Waals surface area contributed by atoms with Gasteiger partial charge in [0.1, 0.15) is 293 Å². The third kappa shape index (κ3) is 24.3. The summed E-state index contributed by atoms with van der Waals surface area (Å²) in [4.78, 5) is 0. The SMILES string of the molecule is OC[C@H]1O[C@H](OC[C@H]2O[C@H](OC[C@H]3O[C@H](OC[C@H]4O[C@H](OC[C@H]5O[C@H](OC[C@H]6O[C@H](OC[C@H]7O[C@H](OC[C@H]8O[C@H](OC[C@H]9O[C@H](OC[C@H]%10O[C@H](OC[C@H]%11O[C@H](OC[C@H]%12O[C@@H](O)[C@H](O)[C@@H](O)[C@@H]%12O)[C@@H](O)[C@@H](O)[C@@H]%11O)[C@@H](O)[C@@H](O)[C@@H]%10O)[C@@H](O)[C@@H](O)[C@@H]9O)[C@@H](O)[C@@H](O)[C@@H]8O)[C@@H](O)[C@@H](O)[C@@H]7O)[C@@H](O)[C@@H](O)[C@@H]6O)[C@@H](O)[C@@H](O)[C@@H]5O)[C@@H](O)[C@@H](O)[C@@H]4O)[C@@H](O)[C@@H](O)[C@@H]3O)[C@@H](O)[C@@H](O)[C@@H]2O)[C@@H](O)[C@@H](O)[C@@H]1O. The highest BCUT2D eigenvalue weighted by atomic mass is 16.8. The summed E-state index contributed by atoms with van der Waals surface area (Å²) in [7, 11) is 0. The lowest BCUT2D eigenvalue weighted by molar-refractivity contribution is -0.356. The van der Waals surface area contributed by atoms with Crippen molar-refractivity contribution in [3.05, 3.63) is 0 Å². The molecule has 0 saturated carbocycles. The average Bonchev–Trinajstić information content (AvgIpc) is 0.792. The lowest BCUT2D eigenvalue weighted by atomic mass is 9.97. The Bertz CT molecular complexity index is 3330. The van der Waals surface area contributed by atoms with Gasteiger partial charge >= 0.3 is 0 Å². The van der Waals surface area contributed by atoms with Gasteiger partial charge < -0.3 is 303 Å². The van der Waals surface area contributed by atoms with E-state index in [9.17, 15) is 194 Å². The zero-order valence-electron chi connectivity index (χ0n) is 69.5. The minimum atomic E-state index is -2.17. The van der Waals surface area contributed by atoms with Crippen molar-refractivity contribution < 1.29 is 303 Å². The Kier molecular flexibility index (Phi) is 39.0. The molecule has 0 amide bonds. The average molecular weight is 1960 g/mol. The lowest BCUT2D eigenvalue weighted by Crippen LogP contribution is -2.64. The molecule has 0 aromatic carbocycles. The molecule has 12 rings (SSSR count). The number of aliphatic hydroxyl groups is 38. The fourth-order valence-corrected chi connectivity index (χ4v) is 16.3. The second-order valence-corrected chi connectivity index (χ2v) is 34.0. The molecule has 776 valence electrons. The van der Waals surface area contributed by atoms with Crippen LogP contribution in [0.2, 0.25) is 0 Å². The van der Waals surface area contributed by atoms with Gasteiger partial charge in [-0.05, 0) is 0 Å². The molecule has 0 radical (unpaired) electrons. The van der Waals surface area contributed by atoms with Gasteiger partial charge in [0.2, 0.25) is 0 Å². The highest BCUT2D eigenvalue weighted by molar-refractivity contribution is 5.01. The molecule has 12 saturated heterocycles. The minimum absolute atomic E-state index is 0.749. The van der Waals surface area contributed by atoms with Crippen LogP contribution < -0.4 is 0 Å². The molecular weight excluding hydrogens is 1840 g/mol. The number of rotatable bonds is 34. The van der Waals surface area contributed by atoms with E-state index in [0.29, 0.717) is 0 Å². The summed E-state index contributed by atoms with van der Waals surface area (Å²) in [6.45, 7) is -10.6. The number of aliphatic hydroxyl groups excluding tert-OH is 38. The zero-order valence-corrected chi connectivity index (χ0v) is 69.5. The van der Waals surface area contributed by atoms with Crippen LogP contribution in [0.4, 0.5) is 0 Å². The predicted octanol–water partition coefficient (Wildman–Crippen LogP) is -27.2. The van der Waals surface area contributed by atoms with Crippen LogP contribution in [-0.4, -0.2) is 642 Å². The van der Waals surface area contributed by atoms with E-state index >= 15 is 0 Å². The Balaban J connectivity index is 0.582. The maximum Gasteiger partial charge on any atom is 0.186 e. The Morgan fingerprint density at radius 2 is 0.211 bits per heavy atom. The summed E-state index contributed by atoms with van der Waals surface area (Å²) in [6.07, 6.45) is -117. The number of hydrogen-bond acceptors (Lipinski definition) is 61. The Morgan fingerprint density at radius 3 is 0.331 bits per heavy atom. The molecule has 61 heteroatoms. The third-order valence-corrected chi connectivity index (χ3v) is 24.9. The standard InChI is InChI=1S/C72H122O61/c73-1-13-25(74)38(87)50(99)62(123-13)112-3-15-27(76)40(89)52(101)64(125-15)114-5-17-29(78)42(91)54(103)66(127-17)116-7-19-31(80)44(93)56(105)68(129-19)118-9-21-33(82)46(95)58(107)70(131-21)120-11-23-35(84)48(97)60(109)72(133-23)121-12-24-36(85)47(96)59(108)71(132-24)119-10-22-34(83)45(94)57(106)69(130-22)117-8-20-32(81)43(92)55(104)67(128-20)115-6-18-30(79)41(90)53(102)65(126-18)113-4-16-28(77)39(88)51(100)63(124-16)111-2-14-26(75)37(86)49(98)61(110)122-14/h13-110H,1-12H2/t13-,14-,15-,16-,17-,18-,19-,20-,21-,22-,23-,24-,25-,26-,27-,28-,29-,30-,31-,32-,33-,34-,35-,36-,37+,38+,39+,40+,41+,42+,43+,44+,45+,46+,47+,48+,49-,50+,51+,52+,53+,54+,55+,56+,57+,58+,59+,60+,61-,62+,63+,64+,65+,66+,67+,68+,69+,70+,71+,72+/m1/s1. The highest BCUT2D eigenvalue weighted by Gasteiger charge is 2.58. The van der Waals surface area contributed by atoms with Gasteiger partial charge in [-0.1, -0.05) is 0 Å². The fourth-order valence-electron chi connectivity index (χ4n) is 16.3. The van der Waals surface area contributed by atoms with Gasteiger partial charge in [0.05, 0.1) is 79.3 Å².